The number of rotatable bonds is 14. The van der Waals surface area contributed by atoms with Gasteiger partial charge in [-0.25, -0.2) is 0 Å². The van der Waals surface area contributed by atoms with Crippen molar-refractivity contribution in [1.82, 2.24) is 0 Å². The van der Waals surface area contributed by atoms with E-state index in [-0.39, 0.29) is 15.0 Å². The summed E-state index contributed by atoms with van der Waals surface area (Å²) in [5.74, 6) is 0. The first-order chi connectivity index (χ1) is 14.9. The summed E-state index contributed by atoms with van der Waals surface area (Å²) in [5.41, 5.74) is 2.89. The molecule has 0 bridgehead atoms. The topological polar surface area (TPSA) is 36.1 Å². The number of unbranched alkanes of at least 4 members (excludes halogenated alkanes) is 6. The Labute approximate surface area is 197 Å². The minimum absolute atomic E-state index is 0.236. The summed E-state index contributed by atoms with van der Waals surface area (Å²) >= 11 is 2.89. The fourth-order valence-corrected chi connectivity index (χ4v) is 4.23. The van der Waals surface area contributed by atoms with Crippen molar-refractivity contribution in [1.29, 1.82) is 5.26 Å². The van der Waals surface area contributed by atoms with Gasteiger partial charge < -0.3 is 0 Å². The van der Waals surface area contributed by atoms with E-state index < -0.39 is 0 Å². The number of nitriles is 1. The average Bonchev–Trinajstić information content (AvgIpc) is 2.80. The van der Waals surface area contributed by atoms with Crippen molar-refractivity contribution in [3.8, 4) is 4.97 Å². The van der Waals surface area contributed by atoms with E-state index in [2.05, 4.69) is 90.9 Å². The number of nitrogens with zero attached hydrogens (tertiary/aromatic N) is 2. The Bertz CT molecular complexity index is 720. The Morgan fingerprint density at radius 3 is 1.70 bits per heavy atom. The van der Waals surface area contributed by atoms with Crippen LogP contribution in [0.2, 0.25) is 5.32 Å². The van der Waals surface area contributed by atoms with Gasteiger partial charge in [0.15, 0.2) is 0 Å². The van der Waals surface area contributed by atoms with Crippen LogP contribution in [-0.2, 0) is 12.8 Å². The maximum absolute atomic E-state index is 8.40. The first-order valence-electron chi connectivity index (χ1n) is 11.0. The second-order valence-corrected chi connectivity index (χ2v) is 9.44. The van der Waals surface area contributed by atoms with Crippen LogP contribution in [0.1, 0.15) is 62.5 Å². The molecule has 0 atom stereocenters. The van der Waals surface area contributed by atoms with E-state index >= 15 is 0 Å². The van der Waals surface area contributed by atoms with Crippen LogP contribution in [0.3, 0.4) is 0 Å². The van der Waals surface area contributed by atoms with Crippen molar-refractivity contribution >= 4 is 35.2 Å². The van der Waals surface area contributed by atoms with Crippen LogP contribution in [-0.4, -0.2) is 41.8 Å². The van der Waals surface area contributed by atoms with Crippen molar-refractivity contribution in [3.05, 3.63) is 71.8 Å². The molecular weight excluding hydrogens is 498 g/mol. The standard InChI is InChI=1S/2C13H17NSe/c14-12-15-11-7-2-1-4-8-13-9-5-3-6-10-13;15-12-14-11-7-2-1-4-8-13-9-5-3-6-10-13/h2*3,5-6,9-10H,1-2,4,7-8,11H2. The fraction of sp³-hybridized carbons (Fsp3) is 0.462. The normalized spacial score (nSPS) is 9.70. The van der Waals surface area contributed by atoms with Crippen LogP contribution in [0, 0.1) is 10.2 Å². The Hall–Kier alpha value is -1.45. The first kappa shape index (κ1) is 26.6. The van der Waals surface area contributed by atoms with Crippen molar-refractivity contribution in [2.75, 3.05) is 6.54 Å². The van der Waals surface area contributed by atoms with E-state index in [1.165, 1.54) is 75.3 Å². The quantitative estimate of drug-likeness (QED) is 0.161. The number of benzene rings is 2. The Balaban J connectivity index is 0.000000300. The minimum atomic E-state index is 0.236. The second-order valence-electron chi connectivity index (χ2n) is 7.21. The zero-order valence-electron chi connectivity index (χ0n) is 18.0. The van der Waals surface area contributed by atoms with Gasteiger partial charge in [-0.1, -0.05) is 0 Å². The van der Waals surface area contributed by atoms with Gasteiger partial charge in [-0.2, -0.15) is 0 Å². The van der Waals surface area contributed by atoms with Gasteiger partial charge in [-0.15, -0.1) is 0 Å². The summed E-state index contributed by atoms with van der Waals surface area (Å²) in [6, 6.07) is 21.3. The third-order valence-corrected chi connectivity index (χ3v) is 6.34. The molecule has 0 unspecified atom stereocenters. The molecule has 4 heteroatoms. The van der Waals surface area contributed by atoms with Gasteiger partial charge in [0, 0.05) is 0 Å². The summed E-state index contributed by atoms with van der Waals surface area (Å²) in [6.45, 7) is 0.915. The molecule has 30 heavy (non-hydrogen) atoms. The molecule has 0 saturated heterocycles. The molecular formula is C26H34N2Se2. The fourth-order valence-electron chi connectivity index (χ4n) is 3.11. The van der Waals surface area contributed by atoms with Gasteiger partial charge in [-0.05, 0) is 0 Å². The molecule has 2 aromatic carbocycles. The molecule has 0 aliphatic carbocycles. The van der Waals surface area contributed by atoms with E-state index in [4.69, 9.17) is 5.26 Å². The van der Waals surface area contributed by atoms with E-state index in [9.17, 15) is 0 Å². The van der Waals surface area contributed by atoms with Crippen molar-refractivity contribution in [2.45, 2.75) is 69.5 Å². The van der Waals surface area contributed by atoms with E-state index in [0.29, 0.717) is 0 Å². The third-order valence-electron chi connectivity index (χ3n) is 4.76. The molecule has 2 aromatic rings. The molecule has 0 amide bonds. The predicted molar refractivity (Wildman–Crippen MR) is 131 cm³/mol. The van der Waals surface area contributed by atoms with Crippen LogP contribution in [0.4, 0.5) is 0 Å². The van der Waals surface area contributed by atoms with Crippen molar-refractivity contribution in [3.63, 3.8) is 0 Å². The molecule has 0 aliphatic heterocycles. The maximum atomic E-state index is 8.40. The van der Waals surface area contributed by atoms with Crippen LogP contribution in [0.25, 0.3) is 0 Å². The average molecular weight is 532 g/mol. The number of hydrogen-bond donors (Lipinski definition) is 0. The summed E-state index contributed by atoms with van der Waals surface area (Å²) in [7, 11) is 0. The zero-order chi connectivity index (χ0) is 21.5. The van der Waals surface area contributed by atoms with Crippen LogP contribution < -0.4 is 0 Å². The number of hydrogen-bond acceptors (Lipinski definition) is 2. The summed E-state index contributed by atoms with van der Waals surface area (Å²) < 4.78 is 2.68. The first-order valence-corrected chi connectivity index (χ1v) is 13.9. The van der Waals surface area contributed by atoms with Gasteiger partial charge in [0.05, 0.1) is 0 Å². The molecule has 0 saturated carbocycles. The number of aliphatic imine (C=N–C) groups is 1. The Morgan fingerprint density at radius 2 is 1.20 bits per heavy atom. The molecule has 0 heterocycles. The van der Waals surface area contributed by atoms with E-state index in [1.54, 1.807) is 0 Å². The molecule has 0 spiro atoms. The zero-order valence-corrected chi connectivity index (χ0v) is 21.4. The third kappa shape index (κ3) is 16.4. The molecule has 0 fully saturated rings. The summed E-state index contributed by atoms with van der Waals surface area (Å²) in [4.78, 5) is 6.27. The molecule has 2 nitrogen and oxygen atoms in total. The van der Waals surface area contributed by atoms with Gasteiger partial charge in [0.1, 0.15) is 0 Å². The summed E-state index contributed by atoms with van der Waals surface area (Å²) in [5, 5.41) is 9.53. The molecule has 0 radical (unpaired) electrons. The van der Waals surface area contributed by atoms with Crippen LogP contribution >= 0.6 is 0 Å². The van der Waals surface area contributed by atoms with Gasteiger partial charge >= 0.3 is 198 Å². The van der Waals surface area contributed by atoms with Crippen molar-refractivity contribution in [2.24, 2.45) is 4.99 Å². The van der Waals surface area contributed by atoms with Gasteiger partial charge in [-0.3, -0.25) is 0 Å². The van der Waals surface area contributed by atoms with Crippen LogP contribution in [0.5, 0.6) is 0 Å². The second kappa shape index (κ2) is 20.8. The van der Waals surface area contributed by atoms with Gasteiger partial charge in [0.2, 0.25) is 0 Å². The number of aryl methyl sites for hydroxylation is 2. The summed E-state index contributed by atoms with van der Waals surface area (Å²) in [6.07, 6.45) is 12.6. The molecule has 160 valence electrons. The Kier molecular flexibility index (Phi) is 18.4. The SMILES string of the molecule is N#C[Se]CCCCCCc1ccccc1.[Se]=C=NCCCCCCc1ccccc1. The molecule has 0 aliphatic rings. The van der Waals surface area contributed by atoms with E-state index in [1.807, 2.05) is 0 Å². The van der Waals surface area contributed by atoms with Crippen LogP contribution in [0.15, 0.2) is 65.7 Å². The van der Waals surface area contributed by atoms with Gasteiger partial charge in [0.25, 0.3) is 0 Å². The molecule has 0 aromatic heterocycles. The predicted octanol–water partition coefficient (Wildman–Crippen LogP) is 6.26. The van der Waals surface area contributed by atoms with E-state index in [0.717, 1.165) is 11.9 Å². The molecule has 0 N–H and O–H groups in total. The van der Waals surface area contributed by atoms with Crippen molar-refractivity contribution < 1.29 is 0 Å². The Morgan fingerprint density at radius 1 is 0.700 bits per heavy atom. The molecule has 2 rings (SSSR count). The monoisotopic (exact) mass is 534 g/mol.